The van der Waals surface area contributed by atoms with Gasteiger partial charge in [-0.25, -0.2) is 9.86 Å². The Labute approximate surface area is 103 Å². The van der Waals surface area contributed by atoms with Gasteiger partial charge in [-0.15, -0.1) is 0 Å². The summed E-state index contributed by atoms with van der Waals surface area (Å²) < 4.78 is 5.18. The van der Waals surface area contributed by atoms with Crippen molar-refractivity contribution in [2.75, 3.05) is 0 Å². The van der Waals surface area contributed by atoms with Gasteiger partial charge in [0.15, 0.2) is 6.04 Å². The Bertz CT molecular complexity index is 281. The van der Waals surface area contributed by atoms with Crippen molar-refractivity contribution in [3.05, 3.63) is 0 Å². The topological polar surface area (TPSA) is 66.8 Å². The fourth-order valence-corrected chi connectivity index (χ4v) is 1.33. The Balaban J connectivity index is 4.86. The zero-order chi connectivity index (χ0) is 13.8. The van der Waals surface area contributed by atoms with Crippen LogP contribution < -0.4 is 0 Å². The highest BCUT2D eigenvalue weighted by atomic mass is 16.6. The summed E-state index contributed by atoms with van der Waals surface area (Å²) in [4.78, 5) is 23.3. The Hall–Kier alpha value is -1.10. The Morgan fingerprint density at radius 1 is 1.29 bits per heavy atom. The molecule has 0 aliphatic rings. The predicted molar refractivity (Wildman–Crippen MR) is 63.4 cm³/mol. The molecule has 0 aromatic carbocycles. The summed E-state index contributed by atoms with van der Waals surface area (Å²) in [7, 11) is 0. The molecule has 0 aliphatic heterocycles. The fraction of sp³-hybridized carbons (Fsp3) is 0.833. The molecule has 0 saturated carbocycles. The summed E-state index contributed by atoms with van der Waals surface area (Å²) in [6, 6.07) is -0.957. The first kappa shape index (κ1) is 15.9. The zero-order valence-corrected chi connectivity index (χ0v) is 11.5. The normalized spacial score (nSPS) is 13.4. The van der Waals surface area contributed by atoms with Crippen molar-refractivity contribution in [2.45, 2.75) is 59.6 Å². The molecule has 0 saturated heterocycles. The van der Waals surface area contributed by atoms with Crippen molar-refractivity contribution in [1.82, 2.24) is 5.06 Å². The molecule has 0 radical (unpaired) electrons. The van der Waals surface area contributed by atoms with Crippen LogP contribution in [0.2, 0.25) is 0 Å². The number of hydrogen-bond acceptors (Lipinski definition) is 4. The number of ether oxygens (including phenoxy) is 1. The van der Waals surface area contributed by atoms with E-state index in [0.29, 0.717) is 5.06 Å². The van der Waals surface area contributed by atoms with Gasteiger partial charge in [0.05, 0.1) is 0 Å². The SMILES string of the molecule is CCC(=O)N(O)[C@H](C(=O)OC(C)(C)C)C(C)C. The van der Waals surface area contributed by atoms with Crippen LogP contribution >= 0.6 is 0 Å². The van der Waals surface area contributed by atoms with Crippen molar-refractivity contribution in [3.63, 3.8) is 0 Å². The average Bonchev–Trinajstić information content (AvgIpc) is 2.12. The molecule has 0 fully saturated rings. The molecule has 0 bridgehead atoms. The lowest BCUT2D eigenvalue weighted by molar-refractivity contribution is -0.197. The highest BCUT2D eigenvalue weighted by molar-refractivity contribution is 5.83. The Morgan fingerprint density at radius 3 is 2.06 bits per heavy atom. The highest BCUT2D eigenvalue weighted by Gasteiger charge is 2.34. The molecule has 5 nitrogen and oxygen atoms in total. The van der Waals surface area contributed by atoms with Gasteiger partial charge in [-0.3, -0.25) is 10.0 Å². The third-order valence-corrected chi connectivity index (χ3v) is 2.10. The molecule has 0 aromatic heterocycles. The van der Waals surface area contributed by atoms with Crippen LogP contribution in [-0.2, 0) is 14.3 Å². The molecule has 0 rings (SSSR count). The quantitative estimate of drug-likeness (QED) is 0.467. The maximum Gasteiger partial charge on any atom is 0.332 e. The number of nitrogens with zero attached hydrogens (tertiary/aromatic N) is 1. The lowest BCUT2D eigenvalue weighted by atomic mass is 10.0. The Morgan fingerprint density at radius 2 is 1.76 bits per heavy atom. The standard InChI is InChI=1S/C12H23NO4/c1-7-9(14)13(16)10(8(2)3)11(15)17-12(4,5)6/h8,10,16H,7H2,1-6H3/t10-/m0/s1. The summed E-state index contributed by atoms with van der Waals surface area (Å²) in [6.07, 6.45) is 0.141. The van der Waals surface area contributed by atoms with Gasteiger partial charge in [-0.2, -0.15) is 0 Å². The fourth-order valence-electron chi connectivity index (χ4n) is 1.33. The molecule has 0 spiro atoms. The summed E-state index contributed by atoms with van der Waals surface area (Å²) in [5.41, 5.74) is -0.639. The molecule has 0 unspecified atom stereocenters. The minimum absolute atomic E-state index is 0.141. The molecule has 17 heavy (non-hydrogen) atoms. The van der Waals surface area contributed by atoms with E-state index < -0.39 is 23.5 Å². The first-order chi connectivity index (χ1) is 7.60. The monoisotopic (exact) mass is 245 g/mol. The number of rotatable bonds is 4. The number of hydroxylamine groups is 2. The van der Waals surface area contributed by atoms with Gasteiger partial charge in [0.25, 0.3) is 0 Å². The summed E-state index contributed by atoms with van der Waals surface area (Å²) in [5.74, 6) is -1.29. The smallest absolute Gasteiger partial charge is 0.332 e. The second-order valence-corrected chi connectivity index (χ2v) is 5.31. The van der Waals surface area contributed by atoms with Gasteiger partial charge in [0, 0.05) is 6.42 Å². The maximum absolute atomic E-state index is 11.9. The van der Waals surface area contributed by atoms with E-state index in [-0.39, 0.29) is 12.3 Å². The number of carbonyl (C=O) groups excluding carboxylic acids is 2. The summed E-state index contributed by atoms with van der Waals surface area (Å²) >= 11 is 0. The number of hydrogen-bond donors (Lipinski definition) is 1. The van der Waals surface area contributed by atoms with Crippen LogP contribution in [0.3, 0.4) is 0 Å². The number of amides is 1. The minimum Gasteiger partial charge on any atom is -0.458 e. The van der Waals surface area contributed by atoms with Crippen LogP contribution in [0.5, 0.6) is 0 Å². The lowest BCUT2D eigenvalue weighted by Crippen LogP contribution is -2.48. The van der Waals surface area contributed by atoms with Crippen LogP contribution in [0.4, 0.5) is 0 Å². The van der Waals surface area contributed by atoms with Crippen molar-refractivity contribution in [3.8, 4) is 0 Å². The molecular weight excluding hydrogens is 222 g/mol. The molecule has 1 amide bonds. The maximum atomic E-state index is 11.9. The highest BCUT2D eigenvalue weighted by Crippen LogP contribution is 2.16. The van der Waals surface area contributed by atoms with Crippen molar-refractivity contribution >= 4 is 11.9 Å². The molecule has 100 valence electrons. The van der Waals surface area contributed by atoms with E-state index >= 15 is 0 Å². The average molecular weight is 245 g/mol. The van der Waals surface area contributed by atoms with Crippen LogP contribution in [-0.4, -0.2) is 33.8 Å². The molecule has 1 N–H and O–H groups in total. The van der Waals surface area contributed by atoms with Gasteiger partial charge in [0.2, 0.25) is 5.91 Å². The van der Waals surface area contributed by atoms with E-state index in [1.165, 1.54) is 0 Å². The molecule has 0 heterocycles. The van der Waals surface area contributed by atoms with Crippen LogP contribution in [0.25, 0.3) is 0 Å². The van der Waals surface area contributed by atoms with E-state index in [4.69, 9.17) is 4.74 Å². The van der Waals surface area contributed by atoms with Gasteiger partial charge in [-0.05, 0) is 26.7 Å². The van der Waals surface area contributed by atoms with E-state index in [1.54, 1.807) is 41.5 Å². The third kappa shape index (κ3) is 5.17. The molecular formula is C12H23NO4. The van der Waals surface area contributed by atoms with E-state index in [0.717, 1.165) is 0 Å². The van der Waals surface area contributed by atoms with E-state index in [9.17, 15) is 14.8 Å². The van der Waals surface area contributed by atoms with Gasteiger partial charge in [0.1, 0.15) is 5.60 Å². The minimum atomic E-state index is -0.957. The molecule has 5 heteroatoms. The first-order valence-electron chi connectivity index (χ1n) is 5.84. The van der Waals surface area contributed by atoms with Crippen LogP contribution in [0.15, 0.2) is 0 Å². The van der Waals surface area contributed by atoms with Crippen LogP contribution in [0.1, 0.15) is 48.0 Å². The van der Waals surface area contributed by atoms with Crippen LogP contribution in [0, 0.1) is 5.92 Å². The number of carbonyl (C=O) groups is 2. The molecule has 1 atom stereocenters. The van der Waals surface area contributed by atoms with E-state index in [1.807, 2.05) is 0 Å². The largest absolute Gasteiger partial charge is 0.458 e. The van der Waals surface area contributed by atoms with Crippen molar-refractivity contribution < 1.29 is 19.5 Å². The second kappa shape index (κ2) is 6.00. The summed E-state index contributed by atoms with van der Waals surface area (Å²) in [6.45, 7) is 10.3. The Kier molecular flexibility index (Phi) is 5.61. The van der Waals surface area contributed by atoms with Crippen molar-refractivity contribution in [2.24, 2.45) is 5.92 Å². The third-order valence-electron chi connectivity index (χ3n) is 2.10. The first-order valence-corrected chi connectivity index (χ1v) is 5.84. The zero-order valence-electron chi connectivity index (χ0n) is 11.5. The second-order valence-electron chi connectivity index (χ2n) is 5.31. The number of esters is 1. The van der Waals surface area contributed by atoms with Gasteiger partial charge >= 0.3 is 5.97 Å². The summed E-state index contributed by atoms with van der Waals surface area (Å²) in [5, 5.41) is 10.2. The van der Waals surface area contributed by atoms with Gasteiger partial charge in [-0.1, -0.05) is 20.8 Å². The molecule has 0 aliphatic carbocycles. The van der Waals surface area contributed by atoms with E-state index in [2.05, 4.69) is 0 Å². The molecule has 0 aromatic rings. The van der Waals surface area contributed by atoms with Gasteiger partial charge < -0.3 is 4.74 Å². The van der Waals surface area contributed by atoms with Crippen molar-refractivity contribution in [1.29, 1.82) is 0 Å². The predicted octanol–water partition coefficient (Wildman–Crippen LogP) is 1.98. The lowest BCUT2D eigenvalue weighted by Gasteiger charge is -2.30.